The summed E-state index contributed by atoms with van der Waals surface area (Å²) in [6, 6.07) is 17.6. The number of halogens is 2. The second-order valence-corrected chi connectivity index (χ2v) is 8.62. The van der Waals surface area contributed by atoms with Crippen LogP contribution in [0.3, 0.4) is 0 Å². The number of aliphatic carboxylic acids is 1. The number of nitriles is 1. The van der Waals surface area contributed by atoms with E-state index < -0.39 is 23.1 Å². The zero-order valence-corrected chi connectivity index (χ0v) is 19.3. The van der Waals surface area contributed by atoms with Gasteiger partial charge in [-0.1, -0.05) is 30.3 Å². The molecule has 1 saturated carbocycles. The first-order chi connectivity index (χ1) is 17.4. The summed E-state index contributed by atoms with van der Waals surface area (Å²) in [5.74, 6) is -1.60. The van der Waals surface area contributed by atoms with E-state index in [0.717, 1.165) is 0 Å². The quantitative estimate of drug-likeness (QED) is 0.326. The zero-order chi connectivity index (χ0) is 25.4. The monoisotopic (exact) mass is 485 g/mol. The van der Waals surface area contributed by atoms with Crippen molar-refractivity contribution >= 4 is 22.6 Å². The van der Waals surface area contributed by atoms with Crippen LogP contribution in [0.5, 0.6) is 5.75 Å². The molecule has 4 aromatic rings. The summed E-state index contributed by atoms with van der Waals surface area (Å²) in [5.41, 5.74) is 0.711. The Balaban J connectivity index is 1.68. The van der Waals surface area contributed by atoms with Gasteiger partial charge in [0.15, 0.2) is 0 Å². The number of carbonyl (C=O) groups is 1. The van der Waals surface area contributed by atoms with Gasteiger partial charge in [0.05, 0.1) is 23.5 Å². The van der Waals surface area contributed by atoms with Gasteiger partial charge in [-0.15, -0.1) is 0 Å². The molecule has 1 aliphatic rings. The van der Waals surface area contributed by atoms with Gasteiger partial charge in [-0.05, 0) is 50.1 Å². The van der Waals surface area contributed by atoms with Crippen molar-refractivity contribution in [1.82, 2.24) is 4.98 Å². The zero-order valence-electron chi connectivity index (χ0n) is 19.3. The third-order valence-corrected chi connectivity index (χ3v) is 6.30. The maximum Gasteiger partial charge on any atom is 0.329 e. The molecular weight excluding hydrogens is 464 g/mol. The molecule has 0 radical (unpaired) electrons. The molecule has 6 nitrogen and oxygen atoms in total. The fourth-order valence-electron chi connectivity index (χ4n) is 4.29. The van der Waals surface area contributed by atoms with Crippen molar-refractivity contribution < 1.29 is 23.4 Å². The highest BCUT2D eigenvalue weighted by atomic mass is 19.1. The molecule has 2 N–H and O–H groups in total. The van der Waals surface area contributed by atoms with Crippen LogP contribution in [0, 0.1) is 23.0 Å². The largest absolute Gasteiger partial charge is 0.493 e. The molecule has 0 bridgehead atoms. The molecule has 0 spiro atoms. The number of fused-ring (bicyclic) bond motifs is 1. The minimum Gasteiger partial charge on any atom is -0.493 e. The van der Waals surface area contributed by atoms with Gasteiger partial charge in [-0.25, -0.2) is 18.6 Å². The van der Waals surface area contributed by atoms with Crippen molar-refractivity contribution in [3.05, 3.63) is 77.9 Å². The number of pyridine rings is 1. The van der Waals surface area contributed by atoms with E-state index >= 15 is 4.39 Å². The number of carboxylic acids is 1. The maximum absolute atomic E-state index is 15.4. The molecule has 1 heterocycles. The van der Waals surface area contributed by atoms with Crippen LogP contribution in [0.2, 0.25) is 0 Å². The smallest absolute Gasteiger partial charge is 0.329 e. The summed E-state index contributed by atoms with van der Waals surface area (Å²) in [5, 5.41) is 23.0. The van der Waals surface area contributed by atoms with Crippen LogP contribution in [-0.2, 0) is 4.79 Å². The standard InChI is InChI=1S/C28H21F2N3O3/c1-2-36-24-6-4-3-5-19(24)18-9-7-16(13-22(18)30)25-21(15-31)26(33-28(11-12-28)27(34)35)20-14-17(29)8-10-23(20)32-25/h3-10,13-14H,2,11-12H2,1H3,(H,32,33)(H,34,35). The number of nitrogens with one attached hydrogen (secondary N) is 1. The number of hydrogen-bond donors (Lipinski definition) is 2. The van der Waals surface area contributed by atoms with Crippen molar-refractivity contribution in [2.24, 2.45) is 0 Å². The first kappa shape index (κ1) is 23.2. The lowest BCUT2D eigenvalue weighted by Crippen LogP contribution is -2.32. The van der Waals surface area contributed by atoms with Crippen LogP contribution < -0.4 is 10.1 Å². The van der Waals surface area contributed by atoms with Gasteiger partial charge < -0.3 is 15.2 Å². The molecule has 0 saturated heterocycles. The lowest BCUT2D eigenvalue weighted by Gasteiger charge is -2.19. The maximum atomic E-state index is 15.4. The van der Waals surface area contributed by atoms with E-state index in [0.29, 0.717) is 47.4 Å². The van der Waals surface area contributed by atoms with Gasteiger partial charge in [0.25, 0.3) is 0 Å². The molecule has 1 fully saturated rings. The molecule has 0 unspecified atom stereocenters. The number of aromatic nitrogens is 1. The lowest BCUT2D eigenvalue weighted by atomic mass is 9.97. The summed E-state index contributed by atoms with van der Waals surface area (Å²) >= 11 is 0. The summed E-state index contributed by atoms with van der Waals surface area (Å²) in [7, 11) is 0. The SMILES string of the molecule is CCOc1ccccc1-c1ccc(-c2nc3ccc(F)cc3c(NC3(C(=O)O)CC3)c2C#N)cc1F. The average molecular weight is 485 g/mol. The highest BCUT2D eigenvalue weighted by Gasteiger charge is 2.51. The minimum absolute atomic E-state index is 0.0162. The highest BCUT2D eigenvalue weighted by Crippen LogP contribution is 2.44. The normalized spacial score (nSPS) is 13.7. The van der Waals surface area contributed by atoms with Crippen LogP contribution in [0.4, 0.5) is 14.5 Å². The van der Waals surface area contributed by atoms with Gasteiger partial charge in [0.1, 0.15) is 34.6 Å². The summed E-state index contributed by atoms with van der Waals surface area (Å²) in [6.45, 7) is 2.27. The second-order valence-electron chi connectivity index (χ2n) is 8.62. The van der Waals surface area contributed by atoms with E-state index in [1.807, 2.05) is 6.92 Å². The number of para-hydroxylation sites is 1. The van der Waals surface area contributed by atoms with Gasteiger partial charge in [-0.2, -0.15) is 5.26 Å². The topological polar surface area (TPSA) is 95.2 Å². The Bertz CT molecular complexity index is 1560. The molecule has 180 valence electrons. The molecular formula is C28H21F2N3O3. The Morgan fingerprint density at radius 2 is 1.92 bits per heavy atom. The minimum atomic E-state index is -1.23. The van der Waals surface area contributed by atoms with Crippen LogP contribution in [0.15, 0.2) is 60.7 Å². The van der Waals surface area contributed by atoms with E-state index in [1.165, 1.54) is 24.3 Å². The second kappa shape index (κ2) is 8.93. The Hall–Kier alpha value is -4.51. The van der Waals surface area contributed by atoms with Crippen molar-refractivity contribution in [2.45, 2.75) is 25.3 Å². The molecule has 8 heteroatoms. The molecule has 0 amide bonds. The first-order valence-corrected chi connectivity index (χ1v) is 11.4. The third-order valence-electron chi connectivity index (χ3n) is 6.30. The van der Waals surface area contributed by atoms with E-state index in [-0.39, 0.29) is 22.3 Å². The predicted octanol–water partition coefficient (Wildman–Crippen LogP) is 6.15. The average Bonchev–Trinajstić information content (AvgIpc) is 3.66. The molecule has 5 rings (SSSR count). The molecule has 1 aromatic heterocycles. The summed E-state index contributed by atoms with van der Waals surface area (Å²) in [6.07, 6.45) is 0.731. The number of anilines is 1. The third kappa shape index (κ3) is 3.99. The number of hydrogen-bond acceptors (Lipinski definition) is 5. The van der Waals surface area contributed by atoms with E-state index in [4.69, 9.17) is 4.74 Å². The van der Waals surface area contributed by atoms with E-state index in [9.17, 15) is 19.6 Å². The van der Waals surface area contributed by atoms with Crippen molar-refractivity contribution in [3.63, 3.8) is 0 Å². The number of ether oxygens (including phenoxy) is 1. The molecule has 0 atom stereocenters. The number of carboxylic acid groups (broad SMARTS) is 1. The van der Waals surface area contributed by atoms with Crippen LogP contribution >= 0.6 is 0 Å². The van der Waals surface area contributed by atoms with Crippen molar-refractivity contribution in [1.29, 1.82) is 5.26 Å². The number of rotatable bonds is 7. The van der Waals surface area contributed by atoms with Crippen LogP contribution in [-0.4, -0.2) is 28.2 Å². The summed E-state index contributed by atoms with van der Waals surface area (Å²) < 4.78 is 35.2. The van der Waals surface area contributed by atoms with E-state index in [1.54, 1.807) is 36.4 Å². The van der Waals surface area contributed by atoms with Crippen molar-refractivity contribution in [2.75, 3.05) is 11.9 Å². The van der Waals surface area contributed by atoms with Crippen LogP contribution in [0.25, 0.3) is 33.3 Å². The van der Waals surface area contributed by atoms with E-state index in [2.05, 4.69) is 16.4 Å². The van der Waals surface area contributed by atoms with Crippen molar-refractivity contribution in [3.8, 4) is 34.2 Å². The fourth-order valence-corrected chi connectivity index (χ4v) is 4.29. The molecule has 3 aromatic carbocycles. The van der Waals surface area contributed by atoms with Gasteiger partial charge in [0.2, 0.25) is 0 Å². The molecule has 0 aliphatic heterocycles. The van der Waals surface area contributed by atoms with Crippen LogP contribution in [0.1, 0.15) is 25.3 Å². The Morgan fingerprint density at radius 3 is 2.58 bits per heavy atom. The summed E-state index contributed by atoms with van der Waals surface area (Å²) in [4.78, 5) is 16.4. The predicted molar refractivity (Wildman–Crippen MR) is 132 cm³/mol. The first-order valence-electron chi connectivity index (χ1n) is 11.4. The van der Waals surface area contributed by atoms with Gasteiger partial charge >= 0.3 is 5.97 Å². The molecule has 1 aliphatic carbocycles. The fraction of sp³-hybridized carbons (Fsp3) is 0.179. The number of nitrogens with zero attached hydrogens (tertiary/aromatic N) is 2. The number of benzene rings is 3. The Morgan fingerprint density at radius 1 is 1.14 bits per heavy atom. The molecule has 36 heavy (non-hydrogen) atoms. The Labute approximate surface area is 205 Å². The Kier molecular flexibility index (Phi) is 5.77. The highest BCUT2D eigenvalue weighted by molar-refractivity contribution is 6.00. The van der Waals surface area contributed by atoms with Gasteiger partial charge in [-0.3, -0.25) is 0 Å². The lowest BCUT2D eigenvalue weighted by molar-refractivity contribution is -0.138. The van der Waals surface area contributed by atoms with Gasteiger partial charge in [0, 0.05) is 22.1 Å².